The van der Waals surface area contributed by atoms with Gasteiger partial charge in [0.15, 0.2) is 10.3 Å². The molecule has 0 unspecified atom stereocenters. The van der Waals surface area contributed by atoms with Crippen molar-refractivity contribution in [2.45, 2.75) is 6.54 Å². The molecule has 0 atom stereocenters. The van der Waals surface area contributed by atoms with E-state index in [1.807, 2.05) is 30.3 Å². The predicted molar refractivity (Wildman–Crippen MR) is 128 cm³/mol. The molecule has 0 aliphatic rings. The molecule has 0 saturated carbocycles. The van der Waals surface area contributed by atoms with Crippen LogP contribution < -0.4 is 15.4 Å². The van der Waals surface area contributed by atoms with Crippen molar-refractivity contribution >= 4 is 59.3 Å². The van der Waals surface area contributed by atoms with Crippen LogP contribution in [-0.2, 0) is 6.54 Å². The van der Waals surface area contributed by atoms with E-state index in [9.17, 15) is 4.79 Å². The first kappa shape index (κ1) is 19.5. The van der Waals surface area contributed by atoms with Gasteiger partial charge in [0.05, 0.1) is 27.5 Å². The fourth-order valence-corrected chi connectivity index (χ4v) is 5.25. The smallest absolute Gasteiger partial charge is 0.257 e. The number of hydrogen-bond acceptors (Lipinski definition) is 7. The first-order chi connectivity index (χ1) is 15.2. The second kappa shape index (κ2) is 8.33. The fourth-order valence-electron chi connectivity index (χ4n) is 3.21. The Kier molecular flexibility index (Phi) is 5.23. The first-order valence-electron chi connectivity index (χ1n) is 9.63. The summed E-state index contributed by atoms with van der Waals surface area (Å²) in [5.41, 5.74) is 3.49. The summed E-state index contributed by atoms with van der Waals surface area (Å²) in [6.07, 6.45) is 0. The van der Waals surface area contributed by atoms with E-state index in [0.717, 1.165) is 25.6 Å². The van der Waals surface area contributed by atoms with E-state index in [4.69, 9.17) is 9.72 Å². The molecule has 0 aliphatic heterocycles. The van der Waals surface area contributed by atoms with E-state index < -0.39 is 0 Å². The lowest BCUT2D eigenvalue weighted by Gasteiger charge is -2.03. The molecule has 0 aliphatic carbocycles. The topological polar surface area (TPSA) is 76.1 Å². The van der Waals surface area contributed by atoms with Gasteiger partial charge in [-0.3, -0.25) is 10.1 Å². The van der Waals surface area contributed by atoms with E-state index in [0.29, 0.717) is 23.0 Å². The quantitative estimate of drug-likeness (QED) is 0.346. The number of hydrogen-bond donors (Lipinski definition) is 2. The van der Waals surface area contributed by atoms with E-state index in [2.05, 4.69) is 27.8 Å². The molecule has 1 amide bonds. The third-order valence-corrected chi connectivity index (χ3v) is 6.93. The minimum atomic E-state index is -0.219. The van der Waals surface area contributed by atoms with Crippen molar-refractivity contribution in [3.8, 4) is 5.75 Å². The van der Waals surface area contributed by atoms with Crippen LogP contribution in [0.1, 0.15) is 15.9 Å². The number of ether oxygens (including phenoxy) is 1. The van der Waals surface area contributed by atoms with Crippen molar-refractivity contribution in [1.29, 1.82) is 0 Å². The molecular weight excluding hydrogens is 428 g/mol. The first-order valence-corrected chi connectivity index (χ1v) is 11.3. The van der Waals surface area contributed by atoms with Crippen molar-refractivity contribution in [3.05, 3.63) is 77.9 Å². The van der Waals surface area contributed by atoms with E-state index >= 15 is 0 Å². The highest BCUT2D eigenvalue weighted by atomic mass is 32.1. The molecule has 31 heavy (non-hydrogen) atoms. The summed E-state index contributed by atoms with van der Waals surface area (Å²) in [5.74, 6) is 0.419. The SMILES string of the molecule is COc1cccc(C(=O)Nc2nc3ccc4nc(NCc5ccccc5)sc4c3s2)c1. The standard InChI is InChI=1S/C23H18N4O2S2/c1-29-16-9-5-8-15(12-16)21(28)27-23-26-18-11-10-17-19(20(18)31-23)30-22(25-17)24-13-14-6-3-2-4-7-14/h2-12H,13H2,1H3,(H,24,25)(H,26,27,28). The van der Waals surface area contributed by atoms with Crippen LogP contribution in [0.25, 0.3) is 20.4 Å². The zero-order valence-electron chi connectivity index (χ0n) is 16.6. The van der Waals surface area contributed by atoms with Gasteiger partial charge in [0.25, 0.3) is 5.91 Å². The Hall–Kier alpha value is -3.49. The average Bonchev–Trinajstić information content (AvgIpc) is 3.41. The average molecular weight is 447 g/mol. The summed E-state index contributed by atoms with van der Waals surface area (Å²) in [5, 5.41) is 7.72. The van der Waals surface area contributed by atoms with Crippen molar-refractivity contribution in [2.24, 2.45) is 0 Å². The normalized spacial score (nSPS) is 11.0. The van der Waals surface area contributed by atoms with Crippen LogP contribution in [0.2, 0.25) is 0 Å². The maximum Gasteiger partial charge on any atom is 0.257 e. The minimum Gasteiger partial charge on any atom is -0.497 e. The zero-order valence-corrected chi connectivity index (χ0v) is 18.2. The molecule has 0 saturated heterocycles. The maximum atomic E-state index is 12.6. The summed E-state index contributed by atoms with van der Waals surface area (Å²) in [4.78, 5) is 21.9. The number of amides is 1. The lowest BCUT2D eigenvalue weighted by atomic mass is 10.2. The highest BCUT2D eigenvalue weighted by Gasteiger charge is 2.14. The van der Waals surface area contributed by atoms with E-state index in [1.165, 1.54) is 16.9 Å². The number of aromatic nitrogens is 2. The van der Waals surface area contributed by atoms with Crippen LogP contribution >= 0.6 is 22.7 Å². The van der Waals surface area contributed by atoms with Gasteiger partial charge in [-0.1, -0.05) is 59.1 Å². The predicted octanol–water partition coefficient (Wildman–Crippen LogP) is 5.78. The molecule has 0 spiro atoms. The largest absolute Gasteiger partial charge is 0.497 e. The second-order valence-electron chi connectivity index (χ2n) is 6.83. The van der Waals surface area contributed by atoms with Crippen molar-refractivity contribution in [3.63, 3.8) is 0 Å². The molecule has 2 heterocycles. The summed E-state index contributed by atoms with van der Waals surface area (Å²) in [6, 6.07) is 21.2. The number of thiazole rings is 2. The molecule has 154 valence electrons. The number of methoxy groups -OCH3 is 1. The maximum absolute atomic E-state index is 12.6. The number of fused-ring (bicyclic) bond motifs is 3. The van der Waals surface area contributed by atoms with Crippen molar-refractivity contribution in [1.82, 2.24) is 9.97 Å². The Bertz CT molecular complexity index is 1380. The van der Waals surface area contributed by atoms with E-state index in [1.54, 1.807) is 42.7 Å². The summed E-state index contributed by atoms with van der Waals surface area (Å²) < 4.78 is 7.28. The van der Waals surface area contributed by atoms with Gasteiger partial charge in [0, 0.05) is 12.1 Å². The Balaban J connectivity index is 1.39. The molecule has 2 N–H and O–H groups in total. The van der Waals surface area contributed by atoms with Gasteiger partial charge >= 0.3 is 0 Å². The van der Waals surface area contributed by atoms with E-state index in [-0.39, 0.29) is 5.91 Å². The number of carbonyl (C=O) groups is 1. The molecule has 3 aromatic carbocycles. The number of nitrogens with one attached hydrogen (secondary N) is 2. The van der Waals surface area contributed by atoms with Gasteiger partial charge in [-0.15, -0.1) is 0 Å². The highest BCUT2D eigenvalue weighted by Crippen LogP contribution is 2.37. The van der Waals surface area contributed by atoms with Gasteiger partial charge < -0.3 is 10.1 Å². The Morgan fingerprint density at radius 2 is 1.61 bits per heavy atom. The van der Waals surface area contributed by atoms with Gasteiger partial charge in [-0.05, 0) is 35.9 Å². The molecule has 0 fully saturated rings. The molecule has 0 bridgehead atoms. The van der Waals surface area contributed by atoms with Crippen LogP contribution in [-0.4, -0.2) is 23.0 Å². The van der Waals surface area contributed by atoms with Crippen LogP contribution in [0.3, 0.4) is 0 Å². The van der Waals surface area contributed by atoms with Gasteiger partial charge in [-0.2, -0.15) is 0 Å². The van der Waals surface area contributed by atoms with Gasteiger partial charge in [0.1, 0.15) is 5.75 Å². The van der Waals surface area contributed by atoms with Gasteiger partial charge in [-0.25, -0.2) is 9.97 Å². The van der Waals surface area contributed by atoms with Crippen molar-refractivity contribution in [2.75, 3.05) is 17.7 Å². The summed E-state index contributed by atoms with van der Waals surface area (Å²) in [6.45, 7) is 0.717. The lowest BCUT2D eigenvalue weighted by molar-refractivity contribution is 0.102. The number of nitrogens with zero attached hydrogens (tertiary/aromatic N) is 2. The van der Waals surface area contributed by atoms with Crippen molar-refractivity contribution < 1.29 is 9.53 Å². The number of carbonyl (C=O) groups excluding carboxylic acids is 1. The Labute approximate surface area is 186 Å². The molecule has 5 aromatic rings. The number of anilines is 2. The minimum absolute atomic E-state index is 0.219. The Morgan fingerprint density at radius 1 is 0.903 bits per heavy atom. The fraction of sp³-hybridized carbons (Fsp3) is 0.0870. The Morgan fingerprint density at radius 3 is 2.35 bits per heavy atom. The number of benzene rings is 3. The highest BCUT2D eigenvalue weighted by molar-refractivity contribution is 7.30. The second-order valence-corrected chi connectivity index (χ2v) is 8.82. The molecule has 0 radical (unpaired) electrons. The lowest BCUT2D eigenvalue weighted by Crippen LogP contribution is -2.11. The third-order valence-electron chi connectivity index (χ3n) is 4.75. The summed E-state index contributed by atoms with van der Waals surface area (Å²) >= 11 is 3.05. The van der Waals surface area contributed by atoms with Crippen LogP contribution in [0.4, 0.5) is 10.3 Å². The van der Waals surface area contributed by atoms with Gasteiger partial charge in [0.2, 0.25) is 0 Å². The summed E-state index contributed by atoms with van der Waals surface area (Å²) in [7, 11) is 1.58. The molecule has 5 rings (SSSR count). The van der Waals surface area contributed by atoms with Crippen LogP contribution in [0.5, 0.6) is 5.75 Å². The molecule has 8 heteroatoms. The number of rotatable bonds is 6. The molecule has 6 nitrogen and oxygen atoms in total. The zero-order chi connectivity index (χ0) is 21.2. The van der Waals surface area contributed by atoms with Crippen LogP contribution in [0, 0.1) is 0 Å². The monoisotopic (exact) mass is 446 g/mol. The molecular formula is C23H18N4O2S2. The third kappa shape index (κ3) is 4.08. The van der Waals surface area contributed by atoms with Crippen LogP contribution in [0.15, 0.2) is 66.7 Å². The molecule has 2 aromatic heterocycles.